The van der Waals surface area contributed by atoms with Crippen molar-refractivity contribution in [2.45, 2.75) is 12.8 Å². The summed E-state index contributed by atoms with van der Waals surface area (Å²) in [6.07, 6.45) is 6.62. The number of para-hydroxylation sites is 1. The highest BCUT2D eigenvalue weighted by atomic mass is 32.1. The summed E-state index contributed by atoms with van der Waals surface area (Å²) in [4.78, 5) is 16.8. The van der Waals surface area contributed by atoms with Gasteiger partial charge in [-0.15, -0.1) is 11.3 Å². The van der Waals surface area contributed by atoms with E-state index in [4.69, 9.17) is 15.0 Å². The molecule has 0 amide bonds. The van der Waals surface area contributed by atoms with Gasteiger partial charge in [0.2, 0.25) is 0 Å². The quantitative estimate of drug-likeness (QED) is 0.192. The van der Waals surface area contributed by atoms with Crippen molar-refractivity contribution < 1.29 is 0 Å². The van der Waals surface area contributed by atoms with Crippen molar-refractivity contribution >= 4 is 53.7 Å². The highest BCUT2D eigenvalue weighted by molar-refractivity contribution is 7.25. The van der Waals surface area contributed by atoms with Gasteiger partial charge in [0.25, 0.3) is 0 Å². The minimum Gasteiger partial charge on any atom is -0.237 e. The highest BCUT2D eigenvalue weighted by Crippen LogP contribution is 2.45. The minimum atomic E-state index is 0.742. The lowest BCUT2D eigenvalue weighted by molar-refractivity contribution is 1.03. The van der Waals surface area contributed by atoms with Crippen LogP contribution in [0.1, 0.15) is 24.2 Å². The molecule has 0 bridgehead atoms. The molecular formula is C43H29N3S. The third-order valence-electron chi connectivity index (χ3n) is 8.95. The molecule has 1 aliphatic carbocycles. The smallest absolute Gasteiger partial charge is 0.160 e. The summed E-state index contributed by atoms with van der Waals surface area (Å²) in [6.45, 7) is 0. The molecule has 0 spiro atoms. The first-order chi connectivity index (χ1) is 23.3. The fourth-order valence-corrected chi connectivity index (χ4v) is 7.84. The first-order valence-electron chi connectivity index (χ1n) is 16.0. The summed E-state index contributed by atoms with van der Waals surface area (Å²) in [5.74, 6) is 0.742. The molecule has 0 aliphatic heterocycles. The number of aromatic nitrogens is 3. The van der Waals surface area contributed by atoms with E-state index in [1.165, 1.54) is 32.2 Å². The second-order valence-corrected chi connectivity index (χ2v) is 12.9. The maximum Gasteiger partial charge on any atom is 0.160 e. The summed E-state index contributed by atoms with van der Waals surface area (Å²) in [6, 6.07) is 48.9. The molecule has 0 unspecified atom stereocenters. The van der Waals surface area contributed by atoms with Gasteiger partial charge in [0.15, 0.2) is 5.82 Å². The Hall–Kier alpha value is -5.71. The van der Waals surface area contributed by atoms with Crippen molar-refractivity contribution in [1.29, 1.82) is 0 Å². The van der Waals surface area contributed by atoms with Gasteiger partial charge in [0.1, 0.15) is 4.83 Å². The normalized spacial score (nSPS) is 13.2. The first-order valence-corrected chi connectivity index (χ1v) is 16.8. The van der Waals surface area contributed by atoms with Crippen LogP contribution in [-0.4, -0.2) is 15.0 Å². The number of hydrogen-bond donors (Lipinski definition) is 0. The molecule has 0 atom stereocenters. The van der Waals surface area contributed by atoms with Crippen molar-refractivity contribution in [3.8, 4) is 33.6 Å². The molecule has 0 radical (unpaired) electrons. The van der Waals surface area contributed by atoms with Crippen molar-refractivity contribution in [2.75, 3.05) is 0 Å². The molecule has 4 heteroatoms. The zero-order valence-corrected chi connectivity index (χ0v) is 26.4. The van der Waals surface area contributed by atoms with Gasteiger partial charge in [-0.25, -0.2) is 15.0 Å². The number of pyridine rings is 1. The molecule has 3 heterocycles. The molecule has 1 aliphatic rings. The van der Waals surface area contributed by atoms with Crippen LogP contribution < -0.4 is 0 Å². The largest absolute Gasteiger partial charge is 0.237 e. The third kappa shape index (κ3) is 4.95. The van der Waals surface area contributed by atoms with Gasteiger partial charge < -0.3 is 0 Å². The molecule has 9 rings (SSSR count). The molecule has 3 nitrogen and oxygen atoms in total. The number of nitrogens with zero attached hydrogens (tertiary/aromatic N) is 3. The van der Waals surface area contributed by atoms with Crippen LogP contribution in [0.2, 0.25) is 0 Å². The van der Waals surface area contributed by atoms with Crippen molar-refractivity contribution in [3.63, 3.8) is 0 Å². The van der Waals surface area contributed by atoms with Crippen molar-refractivity contribution in [1.82, 2.24) is 15.0 Å². The number of thiophene rings is 1. The highest BCUT2D eigenvalue weighted by Gasteiger charge is 2.24. The lowest BCUT2D eigenvalue weighted by atomic mass is 9.87. The average molecular weight is 620 g/mol. The lowest BCUT2D eigenvalue weighted by Gasteiger charge is -2.20. The van der Waals surface area contributed by atoms with E-state index in [1.807, 2.05) is 6.07 Å². The van der Waals surface area contributed by atoms with Gasteiger partial charge in [-0.1, -0.05) is 127 Å². The van der Waals surface area contributed by atoms with Crippen LogP contribution in [0, 0.1) is 0 Å². The number of hydrogen-bond acceptors (Lipinski definition) is 4. The second kappa shape index (κ2) is 11.6. The number of rotatable bonds is 5. The average Bonchev–Trinajstić information content (AvgIpc) is 3.52. The molecular weight excluding hydrogens is 591 g/mol. The Morgan fingerprint density at radius 3 is 1.89 bits per heavy atom. The van der Waals surface area contributed by atoms with Crippen LogP contribution in [0.15, 0.2) is 152 Å². The summed E-state index contributed by atoms with van der Waals surface area (Å²) in [5.41, 5.74) is 10.8. The summed E-state index contributed by atoms with van der Waals surface area (Å²) >= 11 is 1.76. The summed E-state index contributed by atoms with van der Waals surface area (Å²) < 4.78 is 1.25. The Balaban J connectivity index is 1.27. The minimum absolute atomic E-state index is 0.742. The van der Waals surface area contributed by atoms with Crippen molar-refractivity contribution in [3.05, 3.63) is 163 Å². The third-order valence-corrected chi connectivity index (χ3v) is 10.0. The number of fused-ring (bicyclic) bond motifs is 4. The Bertz CT molecular complexity index is 2510. The molecule has 0 saturated heterocycles. The van der Waals surface area contributed by atoms with E-state index in [0.717, 1.165) is 68.1 Å². The zero-order valence-electron chi connectivity index (χ0n) is 25.6. The zero-order chi connectivity index (χ0) is 31.2. The van der Waals surface area contributed by atoms with E-state index in [0.29, 0.717) is 0 Å². The van der Waals surface area contributed by atoms with E-state index >= 15 is 0 Å². The van der Waals surface area contributed by atoms with Gasteiger partial charge in [-0.2, -0.15) is 0 Å². The Kier molecular flexibility index (Phi) is 6.80. The SMILES string of the molecule is C1=C(c2nc(-c3ccccc3)cc(-c3cccc(-c4ccccc4)c3)n2)C(c2c3ccccc3nc3sc4ccccc4c23)=CCC1. The topological polar surface area (TPSA) is 38.7 Å². The lowest BCUT2D eigenvalue weighted by Crippen LogP contribution is -2.04. The van der Waals surface area contributed by atoms with Crippen molar-refractivity contribution in [2.24, 2.45) is 0 Å². The van der Waals surface area contributed by atoms with Crippen LogP contribution in [0.5, 0.6) is 0 Å². The van der Waals surface area contributed by atoms with E-state index in [-0.39, 0.29) is 0 Å². The van der Waals surface area contributed by atoms with Crippen LogP contribution in [0.3, 0.4) is 0 Å². The van der Waals surface area contributed by atoms with Gasteiger partial charge in [-0.3, -0.25) is 0 Å². The monoisotopic (exact) mass is 619 g/mol. The van der Waals surface area contributed by atoms with E-state index in [9.17, 15) is 0 Å². The molecule has 3 aromatic heterocycles. The molecule has 0 fully saturated rings. The molecule has 47 heavy (non-hydrogen) atoms. The summed E-state index contributed by atoms with van der Waals surface area (Å²) in [5, 5.41) is 3.60. The predicted molar refractivity (Wildman–Crippen MR) is 198 cm³/mol. The molecule has 0 saturated carbocycles. The van der Waals surface area contributed by atoms with E-state index in [1.54, 1.807) is 11.3 Å². The molecule has 5 aromatic carbocycles. The van der Waals surface area contributed by atoms with Crippen LogP contribution in [0.25, 0.3) is 76.0 Å². The van der Waals surface area contributed by atoms with Gasteiger partial charge in [-0.05, 0) is 53.8 Å². The molecule has 222 valence electrons. The number of allylic oxidation sites excluding steroid dienone is 4. The Morgan fingerprint density at radius 2 is 1.09 bits per heavy atom. The predicted octanol–water partition coefficient (Wildman–Crippen LogP) is 11.7. The standard InChI is InChI=1S/C43H29N3S/c1-3-14-28(15-4-1)30-18-13-19-31(26-30)38-27-37(29-16-5-2-6-17-29)44-42(45-38)33-21-8-7-20-32(33)40-34-22-9-11-24-36(34)46-43-41(40)35-23-10-12-25-39(35)47-43/h1-6,9-27H,7-8H2. The Morgan fingerprint density at radius 1 is 0.468 bits per heavy atom. The van der Waals surface area contributed by atoms with E-state index < -0.39 is 0 Å². The maximum atomic E-state index is 5.34. The summed E-state index contributed by atoms with van der Waals surface area (Å²) in [7, 11) is 0. The molecule has 0 N–H and O–H groups in total. The van der Waals surface area contributed by atoms with Crippen LogP contribution in [-0.2, 0) is 0 Å². The molecule has 8 aromatic rings. The second-order valence-electron chi connectivity index (χ2n) is 11.9. The van der Waals surface area contributed by atoms with Gasteiger partial charge in [0, 0.05) is 43.1 Å². The van der Waals surface area contributed by atoms with Crippen LogP contribution in [0.4, 0.5) is 0 Å². The number of benzene rings is 5. The Labute approximate surface area is 277 Å². The van der Waals surface area contributed by atoms with Crippen LogP contribution >= 0.6 is 11.3 Å². The van der Waals surface area contributed by atoms with Gasteiger partial charge in [0.05, 0.1) is 16.9 Å². The fourth-order valence-electron chi connectivity index (χ4n) is 6.74. The first kappa shape index (κ1) is 27.6. The fraction of sp³-hybridized carbons (Fsp3) is 0.0465. The maximum absolute atomic E-state index is 5.34. The van der Waals surface area contributed by atoms with Gasteiger partial charge >= 0.3 is 0 Å². The van der Waals surface area contributed by atoms with E-state index in [2.05, 4.69) is 146 Å².